The molecule has 2 aromatic heterocycles. The lowest BCUT2D eigenvalue weighted by Gasteiger charge is -2.31. The highest BCUT2D eigenvalue weighted by molar-refractivity contribution is 5.86. The number of aryl methyl sites for hydroxylation is 1. The maximum atomic E-state index is 11.0. The molecule has 134 valence electrons. The number of phenols is 1. The number of aromatic hydroxyl groups is 1. The zero-order valence-electron chi connectivity index (χ0n) is 14.9. The number of nitrogens with zero attached hydrogens (tertiary/aromatic N) is 3. The Hall–Kier alpha value is -3.44. The van der Waals surface area contributed by atoms with Crippen LogP contribution in [0.2, 0.25) is 0 Å². The van der Waals surface area contributed by atoms with Crippen molar-refractivity contribution in [2.45, 2.75) is 13.0 Å². The molecular weight excluding hydrogens is 336 g/mol. The van der Waals surface area contributed by atoms with Gasteiger partial charge in [0.2, 0.25) is 0 Å². The Morgan fingerprint density at radius 2 is 1.74 bits per heavy atom. The standard InChI is InChI=1S/C22H20N4O/c1-15-6-2-3-9-18(15)21(26(23)17-8-5-12-24-14-17)19-11-10-16-7-4-13-25-20(16)22(19)27/h2-14,21,27H,23H2,1H3. The van der Waals surface area contributed by atoms with E-state index in [1.807, 2.05) is 67.6 Å². The van der Waals surface area contributed by atoms with E-state index in [1.54, 1.807) is 23.6 Å². The Kier molecular flexibility index (Phi) is 4.44. The molecule has 5 nitrogen and oxygen atoms in total. The topological polar surface area (TPSA) is 75.3 Å². The maximum absolute atomic E-state index is 11.0. The maximum Gasteiger partial charge on any atom is 0.147 e. The minimum atomic E-state index is -0.387. The first-order valence-electron chi connectivity index (χ1n) is 8.73. The first-order chi connectivity index (χ1) is 13.2. The van der Waals surface area contributed by atoms with Gasteiger partial charge in [-0.2, -0.15) is 0 Å². The number of phenolic OH excluding ortho intramolecular Hbond substituents is 1. The molecule has 2 heterocycles. The number of hydrogen-bond acceptors (Lipinski definition) is 5. The van der Waals surface area contributed by atoms with Crippen molar-refractivity contribution in [3.8, 4) is 5.75 Å². The van der Waals surface area contributed by atoms with Crippen LogP contribution in [-0.2, 0) is 0 Å². The highest BCUT2D eigenvalue weighted by Crippen LogP contribution is 2.39. The quantitative estimate of drug-likeness (QED) is 0.425. The number of rotatable bonds is 4. The van der Waals surface area contributed by atoms with Gasteiger partial charge in [-0.3, -0.25) is 15.0 Å². The second-order valence-electron chi connectivity index (χ2n) is 6.46. The predicted molar refractivity (Wildman–Crippen MR) is 107 cm³/mol. The number of anilines is 1. The minimum Gasteiger partial charge on any atom is -0.505 e. The van der Waals surface area contributed by atoms with Crippen LogP contribution >= 0.6 is 0 Å². The zero-order chi connectivity index (χ0) is 18.8. The van der Waals surface area contributed by atoms with Crippen molar-refractivity contribution < 1.29 is 5.11 Å². The third-order valence-corrected chi connectivity index (χ3v) is 4.78. The summed E-state index contributed by atoms with van der Waals surface area (Å²) >= 11 is 0. The lowest BCUT2D eigenvalue weighted by atomic mass is 9.92. The van der Waals surface area contributed by atoms with Gasteiger partial charge in [-0.25, -0.2) is 5.84 Å². The fourth-order valence-corrected chi connectivity index (χ4v) is 3.38. The molecule has 2 aromatic carbocycles. The second-order valence-corrected chi connectivity index (χ2v) is 6.46. The van der Waals surface area contributed by atoms with Crippen molar-refractivity contribution in [1.29, 1.82) is 0 Å². The lowest BCUT2D eigenvalue weighted by molar-refractivity contribution is 0.468. The molecule has 4 rings (SSSR count). The molecule has 4 aromatic rings. The summed E-state index contributed by atoms with van der Waals surface area (Å²) in [6, 6.07) is 19.0. The van der Waals surface area contributed by atoms with E-state index >= 15 is 0 Å². The van der Waals surface area contributed by atoms with Gasteiger partial charge in [0.25, 0.3) is 0 Å². The van der Waals surface area contributed by atoms with Gasteiger partial charge < -0.3 is 5.11 Å². The molecule has 5 heteroatoms. The molecule has 0 bridgehead atoms. The average molecular weight is 356 g/mol. The molecule has 27 heavy (non-hydrogen) atoms. The number of benzene rings is 2. The highest BCUT2D eigenvalue weighted by Gasteiger charge is 2.26. The molecule has 3 N–H and O–H groups in total. The normalized spacial score (nSPS) is 12.1. The number of hydrazine groups is 1. The smallest absolute Gasteiger partial charge is 0.147 e. The van der Waals surface area contributed by atoms with Crippen molar-refractivity contribution in [1.82, 2.24) is 9.97 Å². The van der Waals surface area contributed by atoms with E-state index in [-0.39, 0.29) is 11.8 Å². The van der Waals surface area contributed by atoms with Crippen LogP contribution in [0.25, 0.3) is 10.9 Å². The molecule has 1 unspecified atom stereocenters. The number of fused-ring (bicyclic) bond motifs is 1. The Balaban J connectivity index is 1.94. The second kappa shape index (κ2) is 7.05. The highest BCUT2D eigenvalue weighted by atomic mass is 16.3. The molecule has 0 aliphatic rings. The van der Waals surface area contributed by atoms with E-state index in [1.165, 1.54) is 0 Å². The van der Waals surface area contributed by atoms with Crippen LogP contribution in [0.15, 0.2) is 79.3 Å². The molecule has 0 aliphatic carbocycles. The summed E-state index contributed by atoms with van der Waals surface area (Å²) in [7, 11) is 0. The molecule has 0 amide bonds. The lowest BCUT2D eigenvalue weighted by Crippen LogP contribution is -2.36. The van der Waals surface area contributed by atoms with Gasteiger partial charge in [0.15, 0.2) is 0 Å². The van der Waals surface area contributed by atoms with Crippen LogP contribution in [0.4, 0.5) is 5.69 Å². The Morgan fingerprint density at radius 1 is 0.926 bits per heavy atom. The summed E-state index contributed by atoms with van der Waals surface area (Å²) in [4.78, 5) is 8.52. The van der Waals surface area contributed by atoms with Crippen LogP contribution < -0.4 is 10.9 Å². The summed E-state index contributed by atoms with van der Waals surface area (Å²) in [5, 5.41) is 13.5. The first kappa shape index (κ1) is 17.0. The van der Waals surface area contributed by atoms with Crippen LogP contribution in [-0.4, -0.2) is 15.1 Å². The molecule has 0 spiro atoms. The van der Waals surface area contributed by atoms with Crippen molar-refractivity contribution >= 4 is 16.6 Å². The van der Waals surface area contributed by atoms with Crippen LogP contribution in [0.3, 0.4) is 0 Å². The van der Waals surface area contributed by atoms with Gasteiger partial charge in [0, 0.05) is 23.3 Å². The largest absolute Gasteiger partial charge is 0.505 e. The zero-order valence-corrected chi connectivity index (χ0v) is 14.9. The van der Waals surface area contributed by atoms with E-state index in [2.05, 4.69) is 9.97 Å². The fourth-order valence-electron chi connectivity index (χ4n) is 3.38. The summed E-state index contributed by atoms with van der Waals surface area (Å²) in [5.41, 5.74) is 4.11. The van der Waals surface area contributed by atoms with Crippen molar-refractivity contribution in [3.63, 3.8) is 0 Å². The van der Waals surface area contributed by atoms with Gasteiger partial charge in [0.05, 0.1) is 17.9 Å². The fraction of sp³-hybridized carbons (Fsp3) is 0.0909. The average Bonchev–Trinajstić information content (AvgIpc) is 2.72. The van der Waals surface area contributed by atoms with Gasteiger partial charge in [0.1, 0.15) is 11.3 Å². The number of hydrogen-bond donors (Lipinski definition) is 2. The Bertz CT molecular complexity index is 1080. The first-order valence-corrected chi connectivity index (χ1v) is 8.73. The van der Waals surface area contributed by atoms with Gasteiger partial charge in [-0.05, 0) is 36.2 Å². The van der Waals surface area contributed by atoms with Crippen LogP contribution in [0.1, 0.15) is 22.7 Å². The van der Waals surface area contributed by atoms with Crippen LogP contribution in [0, 0.1) is 6.92 Å². The van der Waals surface area contributed by atoms with Gasteiger partial charge >= 0.3 is 0 Å². The molecule has 0 saturated carbocycles. The molecule has 0 radical (unpaired) electrons. The van der Waals surface area contributed by atoms with E-state index in [0.29, 0.717) is 11.1 Å². The molecule has 1 atom stereocenters. The van der Waals surface area contributed by atoms with Crippen molar-refractivity contribution in [3.05, 3.63) is 95.9 Å². The summed E-state index contributed by atoms with van der Waals surface area (Å²) in [5.74, 6) is 6.69. The van der Waals surface area contributed by atoms with Gasteiger partial charge in [-0.1, -0.05) is 42.5 Å². The third kappa shape index (κ3) is 3.09. The van der Waals surface area contributed by atoms with Crippen molar-refractivity contribution in [2.75, 3.05) is 5.01 Å². The summed E-state index contributed by atoms with van der Waals surface area (Å²) in [6.07, 6.45) is 5.09. The SMILES string of the molecule is Cc1ccccc1C(c1ccc2cccnc2c1O)N(N)c1cccnc1. The van der Waals surface area contributed by atoms with Gasteiger partial charge in [-0.15, -0.1) is 0 Å². The van der Waals surface area contributed by atoms with Crippen molar-refractivity contribution in [2.24, 2.45) is 5.84 Å². The number of aromatic nitrogens is 2. The monoisotopic (exact) mass is 356 g/mol. The Morgan fingerprint density at radius 3 is 2.52 bits per heavy atom. The Labute approximate surface area is 157 Å². The summed E-state index contributed by atoms with van der Waals surface area (Å²) in [6.45, 7) is 2.04. The number of nitrogens with two attached hydrogens (primary N) is 1. The third-order valence-electron chi connectivity index (χ3n) is 4.78. The van der Waals surface area contributed by atoms with E-state index in [0.717, 1.165) is 22.2 Å². The van der Waals surface area contributed by atoms with E-state index < -0.39 is 0 Å². The molecule has 0 saturated heterocycles. The molecular formula is C22H20N4O. The number of pyridine rings is 2. The van der Waals surface area contributed by atoms with E-state index in [9.17, 15) is 5.11 Å². The molecule has 0 aliphatic heterocycles. The predicted octanol–water partition coefficient (Wildman–Crippen LogP) is 4.11. The molecule has 0 fully saturated rings. The van der Waals surface area contributed by atoms with Crippen LogP contribution in [0.5, 0.6) is 5.75 Å². The van der Waals surface area contributed by atoms with E-state index in [4.69, 9.17) is 5.84 Å². The summed E-state index contributed by atoms with van der Waals surface area (Å²) < 4.78 is 0. The minimum absolute atomic E-state index is 0.140.